The van der Waals surface area contributed by atoms with E-state index >= 15 is 0 Å². The molecule has 2 aromatic carbocycles. The van der Waals surface area contributed by atoms with Crippen LogP contribution in [0.5, 0.6) is 5.75 Å². The zero-order valence-corrected chi connectivity index (χ0v) is 16.9. The zero-order chi connectivity index (χ0) is 19.3. The van der Waals surface area contributed by atoms with E-state index in [1.54, 1.807) is 0 Å². The van der Waals surface area contributed by atoms with Crippen molar-refractivity contribution in [1.82, 2.24) is 15.3 Å². The summed E-state index contributed by atoms with van der Waals surface area (Å²) in [6.45, 7) is 2.46. The average molecular weight is 395 g/mol. The van der Waals surface area contributed by atoms with Crippen LogP contribution in [0.4, 0.5) is 5.69 Å². The average Bonchev–Trinajstić information content (AvgIpc) is 3.09. The molecular weight excluding hydrogens is 368 g/mol. The molecule has 0 saturated heterocycles. The molecule has 1 aliphatic rings. The largest absolute Gasteiger partial charge is 0.486 e. The highest BCUT2D eigenvalue weighted by atomic mass is 32.1. The lowest BCUT2D eigenvalue weighted by molar-refractivity contribution is 0.297. The number of aromatic amines is 1. The lowest BCUT2D eigenvalue weighted by Gasteiger charge is -2.24. The van der Waals surface area contributed by atoms with Gasteiger partial charge in [-0.2, -0.15) is 0 Å². The van der Waals surface area contributed by atoms with Gasteiger partial charge in [0.1, 0.15) is 18.2 Å². The highest BCUT2D eigenvalue weighted by Gasteiger charge is 2.14. The summed E-state index contributed by atoms with van der Waals surface area (Å²) in [5, 5.41) is 7.38. The van der Waals surface area contributed by atoms with E-state index in [1.807, 2.05) is 30.3 Å². The standard InChI is InChI=1S/C22H26N4OS/c1-15-10-11-19-20(12-15)26-21(25-19)14-27-18-9-5-8-17(13-18)24-22(28)23-16-6-3-2-4-7-16/h5,8-13,16H,2-4,6-7,14H2,1H3,(H,25,26)(H2,23,24,28). The van der Waals surface area contributed by atoms with Crippen LogP contribution in [0.1, 0.15) is 43.5 Å². The second-order valence-corrected chi connectivity index (χ2v) is 7.86. The number of fused-ring (bicyclic) bond motifs is 1. The molecule has 3 N–H and O–H groups in total. The summed E-state index contributed by atoms with van der Waals surface area (Å²) < 4.78 is 5.93. The SMILES string of the molecule is Cc1ccc2nc(COc3cccc(NC(=S)NC4CCCCC4)c3)[nH]c2c1. The Labute approximate surface area is 170 Å². The van der Waals surface area contributed by atoms with Gasteiger partial charge in [0.05, 0.1) is 11.0 Å². The third-order valence-corrected chi connectivity index (χ3v) is 5.31. The molecule has 0 unspecified atom stereocenters. The quantitative estimate of drug-likeness (QED) is 0.528. The van der Waals surface area contributed by atoms with E-state index in [0.717, 1.165) is 28.3 Å². The van der Waals surface area contributed by atoms with Gasteiger partial charge in [-0.25, -0.2) is 4.98 Å². The molecule has 0 bridgehead atoms. The first-order chi connectivity index (χ1) is 13.7. The number of hydrogen-bond donors (Lipinski definition) is 3. The Hall–Kier alpha value is -2.60. The number of anilines is 1. The molecule has 146 valence electrons. The molecule has 1 saturated carbocycles. The Morgan fingerprint density at radius 1 is 1.18 bits per heavy atom. The van der Waals surface area contributed by atoms with Gasteiger partial charge < -0.3 is 20.4 Å². The normalized spacial score (nSPS) is 14.8. The number of aryl methyl sites for hydroxylation is 1. The first-order valence-corrected chi connectivity index (χ1v) is 10.3. The maximum Gasteiger partial charge on any atom is 0.170 e. The number of rotatable bonds is 5. The van der Waals surface area contributed by atoms with Gasteiger partial charge >= 0.3 is 0 Å². The van der Waals surface area contributed by atoms with Crippen LogP contribution in [0.15, 0.2) is 42.5 Å². The van der Waals surface area contributed by atoms with E-state index in [0.29, 0.717) is 17.8 Å². The molecule has 6 heteroatoms. The molecule has 1 aliphatic carbocycles. The van der Waals surface area contributed by atoms with Crippen molar-refractivity contribution in [3.8, 4) is 5.75 Å². The molecule has 0 atom stereocenters. The topological polar surface area (TPSA) is 62.0 Å². The van der Waals surface area contributed by atoms with E-state index in [4.69, 9.17) is 17.0 Å². The summed E-state index contributed by atoms with van der Waals surface area (Å²) in [7, 11) is 0. The fourth-order valence-electron chi connectivity index (χ4n) is 3.66. The lowest BCUT2D eigenvalue weighted by atomic mass is 9.96. The van der Waals surface area contributed by atoms with Gasteiger partial charge in [0.25, 0.3) is 0 Å². The molecule has 4 rings (SSSR count). The predicted octanol–water partition coefficient (Wildman–Crippen LogP) is 5.07. The molecule has 0 aliphatic heterocycles. The van der Waals surface area contributed by atoms with E-state index in [9.17, 15) is 0 Å². The molecule has 1 heterocycles. The smallest absolute Gasteiger partial charge is 0.170 e. The van der Waals surface area contributed by atoms with Crippen molar-refractivity contribution < 1.29 is 4.74 Å². The highest BCUT2D eigenvalue weighted by Crippen LogP contribution is 2.21. The summed E-state index contributed by atoms with van der Waals surface area (Å²) in [5.74, 6) is 1.59. The fourth-order valence-corrected chi connectivity index (χ4v) is 3.94. The van der Waals surface area contributed by atoms with Crippen LogP contribution in [-0.4, -0.2) is 21.1 Å². The number of hydrogen-bond acceptors (Lipinski definition) is 3. The summed E-state index contributed by atoms with van der Waals surface area (Å²) in [6, 6.07) is 14.5. The summed E-state index contributed by atoms with van der Waals surface area (Å²) >= 11 is 5.47. The Kier molecular flexibility index (Phi) is 5.76. The van der Waals surface area contributed by atoms with Crippen molar-refractivity contribution in [2.75, 3.05) is 5.32 Å². The van der Waals surface area contributed by atoms with Crippen molar-refractivity contribution in [3.63, 3.8) is 0 Å². The Bertz CT molecular complexity index is 962. The molecule has 3 aromatic rings. The van der Waals surface area contributed by atoms with Crippen molar-refractivity contribution in [2.45, 2.75) is 51.7 Å². The molecule has 1 aromatic heterocycles. The maximum atomic E-state index is 5.93. The second kappa shape index (κ2) is 8.61. The van der Waals surface area contributed by atoms with Crippen LogP contribution in [0.25, 0.3) is 11.0 Å². The number of aromatic nitrogens is 2. The lowest BCUT2D eigenvalue weighted by Crippen LogP contribution is -2.38. The Morgan fingerprint density at radius 3 is 2.89 bits per heavy atom. The predicted molar refractivity (Wildman–Crippen MR) is 118 cm³/mol. The van der Waals surface area contributed by atoms with E-state index < -0.39 is 0 Å². The van der Waals surface area contributed by atoms with Crippen LogP contribution >= 0.6 is 12.2 Å². The first-order valence-electron chi connectivity index (χ1n) is 9.91. The Balaban J connectivity index is 1.34. The number of benzene rings is 2. The van der Waals surface area contributed by atoms with Crippen LogP contribution in [0.2, 0.25) is 0 Å². The maximum absolute atomic E-state index is 5.93. The molecule has 0 spiro atoms. The van der Waals surface area contributed by atoms with Gasteiger partial charge in [-0.3, -0.25) is 0 Å². The minimum absolute atomic E-state index is 0.391. The molecule has 1 fully saturated rings. The Morgan fingerprint density at radius 2 is 2.04 bits per heavy atom. The fraction of sp³-hybridized carbons (Fsp3) is 0.364. The highest BCUT2D eigenvalue weighted by molar-refractivity contribution is 7.80. The third-order valence-electron chi connectivity index (χ3n) is 5.09. The molecular formula is C22H26N4OS. The molecule has 0 radical (unpaired) electrons. The van der Waals surface area contributed by atoms with Crippen LogP contribution in [-0.2, 0) is 6.61 Å². The molecule has 0 amide bonds. The minimum Gasteiger partial charge on any atom is -0.486 e. The molecule has 5 nitrogen and oxygen atoms in total. The van der Waals surface area contributed by atoms with Crippen molar-refractivity contribution >= 4 is 34.1 Å². The second-order valence-electron chi connectivity index (χ2n) is 7.45. The first kappa shape index (κ1) is 18.7. The minimum atomic E-state index is 0.391. The van der Waals surface area contributed by atoms with E-state index in [2.05, 4.69) is 39.7 Å². The van der Waals surface area contributed by atoms with E-state index in [-0.39, 0.29) is 0 Å². The van der Waals surface area contributed by atoms with Gasteiger partial charge in [-0.05, 0) is 61.8 Å². The zero-order valence-electron chi connectivity index (χ0n) is 16.1. The third kappa shape index (κ3) is 4.81. The number of imidazole rings is 1. The van der Waals surface area contributed by atoms with Crippen LogP contribution in [0, 0.1) is 6.92 Å². The monoisotopic (exact) mass is 394 g/mol. The number of H-pyrrole nitrogens is 1. The summed E-state index contributed by atoms with van der Waals surface area (Å²) in [6.07, 6.45) is 6.29. The van der Waals surface area contributed by atoms with Gasteiger partial charge in [-0.1, -0.05) is 31.4 Å². The van der Waals surface area contributed by atoms with Crippen LogP contribution in [0.3, 0.4) is 0 Å². The van der Waals surface area contributed by atoms with Crippen molar-refractivity contribution in [1.29, 1.82) is 0 Å². The van der Waals surface area contributed by atoms with Gasteiger partial charge in [0, 0.05) is 17.8 Å². The van der Waals surface area contributed by atoms with E-state index in [1.165, 1.54) is 37.7 Å². The number of thiocarbonyl (C=S) groups is 1. The number of ether oxygens (including phenoxy) is 1. The van der Waals surface area contributed by atoms with Crippen molar-refractivity contribution in [3.05, 3.63) is 53.9 Å². The molecule has 28 heavy (non-hydrogen) atoms. The number of nitrogens with one attached hydrogen (secondary N) is 3. The van der Waals surface area contributed by atoms with Crippen LogP contribution < -0.4 is 15.4 Å². The van der Waals surface area contributed by atoms with Crippen molar-refractivity contribution in [2.24, 2.45) is 0 Å². The summed E-state index contributed by atoms with van der Waals surface area (Å²) in [4.78, 5) is 7.89. The van der Waals surface area contributed by atoms with Gasteiger partial charge in [0.2, 0.25) is 0 Å². The number of nitrogens with zero attached hydrogens (tertiary/aromatic N) is 1. The van der Waals surface area contributed by atoms with Gasteiger partial charge in [0.15, 0.2) is 5.11 Å². The summed E-state index contributed by atoms with van der Waals surface area (Å²) in [5.41, 5.74) is 4.12. The van der Waals surface area contributed by atoms with Gasteiger partial charge in [-0.15, -0.1) is 0 Å².